The Balaban J connectivity index is 2.94. The number of benzene rings is 1. The van der Waals surface area contributed by atoms with Crippen LogP contribution in [0.1, 0.15) is 33.1 Å². The normalized spacial score (nSPS) is 12.2. The number of hydrogen-bond acceptors (Lipinski definition) is 2. The maximum absolute atomic E-state index is 13.9. The predicted octanol–water partition coefficient (Wildman–Crippen LogP) is 2.94. The monoisotopic (exact) mass is 266 g/mol. The summed E-state index contributed by atoms with van der Waals surface area (Å²) in [5.41, 5.74) is 5.85. The highest BCUT2D eigenvalue weighted by Crippen LogP contribution is 2.22. The average Bonchev–Trinajstić information content (AvgIpc) is 2.41. The Morgan fingerprint density at radius 3 is 2.68 bits per heavy atom. The third kappa shape index (κ3) is 4.31. The fraction of sp³-hybridized carbons (Fsp3) is 0.533. The van der Waals surface area contributed by atoms with Gasteiger partial charge in [-0.1, -0.05) is 32.4 Å². The third-order valence-electron chi connectivity index (χ3n) is 3.14. The number of nitrogens with zero attached hydrogens (tertiary/aromatic N) is 1. The Morgan fingerprint density at radius 2 is 2.11 bits per heavy atom. The fourth-order valence-electron chi connectivity index (χ4n) is 2.09. The number of halogens is 1. The van der Waals surface area contributed by atoms with Gasteiger partial charge >= 0.3 is 0 Å². The fourth-order valence-corrected chi connectivity index (χ4v) is 2.09. The summed E-state index contributed by atoms with van der Waals surface area (Å²) in [6, 6.07) is 6.39. The highest BCUT2D eigenvalue weighted by atomic mass is 19.1. The molecule has 0 aliphatic rings. The van der Waals surface area contributed by atoms with E-state index in [2.05, 4.69) is 0 Å². The Kier molecular flexibility index (Phi) is 6.50. The SMILES string of the molecule is CCCC(C)C(=O)N(CCCN)c1ccccc1F. The molecule has 0 spiro atoms. The van der Waals surface area contributed by atoms with E-state index >= 15 is 0 Å². The summed E-state index contributed by atoms with van der Waals surface area (Å²) in [4.78, 5) is 13.9. The molecule has 0 aliphatic heterocycles. The minimum atomic E-state index is -0.364. The van der Waals surface area contributed by atoms with Crippen molar-refractivity contribution in [1.29, 1.82) is 0 Å². The topological polar surface area (TPSA) is 46.3 Å². The van der Waals surface area contributed by atoms with Gasteiger partial charge in [0, 0.05) is 12.5 Å². The minimum Gasteiger partial charge on any atom is -0.330 e. The van der Waals surface area contributed by atoms with Gasteiger partial charge in [-0.15, -0.1) is 0 Å². The van der Waals surface area contributed by atoms with Crippen LogP contribution < -0.4 is 10.6 Å². The van der Waals surface area contributed by atoms with Crippen molar-refractivity contribution in [2.24, 2.45) is 11.7 Å². The molecule has 0 aliphatic carbocycles. The minimum absolute atomic E-state index is 0.0274. The first-order chi connectivity index (χ1) is 9.11. The van der Waals surface area contributed by atoms with E-state index < -0.39 is 0 Å². The van der Waals surface area contributed by atoms with Crippen molar-refractivity contribution in [3.8, 4) is 0 Å². The standard InChI is InChI=1S/C15H23FN2O/c1-3-7-12(2)15(19)18(11-6-10-17)14-9-5-4-8-13(14)16/h4-5,8-9,12H,3,6-7,10-11,17H2,1-2H3. The van der Waals surface area contributed by atoms with Crippen molar-refractivity contribution in [1.82, 2.24) is 0 Å². The van der Waals surface area contributed by atoms with Crippen LogP contribution >= 0.6 is 0 Å². The largest absolute Gasteiger partial charge is 0.330 e. The zero-order valence-electron chi connectivity index (χ0n) is 11.7. The summed E-state index contributed by atoms with van der Waals surface area (Å²) in [5.74, 6) is -0.487. The summed E-state index contributed by atoms with van der Waals surface area (Å²) in [7, 11) is 0. The van der Waals surface area contributed by atoms with Crippen LogP contribution in [0.15, 0.2) is 24.3 Å². The number of carbonyl (C=O) groups is 1. The molecule has 19 heavy (non-hydrogen) atoms. The summed E-state index contributed by atoms with van der Waals surface area (Å²) < 4.78 is 13.9. The average molecular weight is 266 g/mol. The van der Waals surface area contributed by atoms with E-state index in [1.54, 1.807) is 18.2 Å². The predicted molar refractivity (Wildman–Crippen MR) is 76.5 cm³/mol. The van der Waals surface area contributed by atoms with Gasteiger partial charge in [0.2, 0.25) is 5.91 Å². The first kappa shape index (κ1) is 15.6. The highest BCUT2D eigenvalue weighted by molar-refractivity contribution is 5.94. The maximum Gasteiger partial charge on any atom is 0.229 e. The van der Waals surface area contributed by atoms with E-state index in [0.717, 1.165) is 12.8 Å². The number of carbonyl (C=O) groups excluding carboxylic acids is 1. The molecule has 0 saturated heterocycles. The molecule has 1 aromatic carbocycles. The summed E-state index contributed by atoms with van der Waals surface area (Å²) in [6.45, 7) is 4.88. The third-order valence-corrected chi connectivity index (χ3v) is 3.14. The molecule has 1 rings (SSSR count). The second kappa shape index (κ2) is 7.89. The molecule has 0 bridgehead atoms. The molecule has 0 heterocycles. The van der Waals surface area contributed by atoms with Crippen molar-refractivity contribution < 1.29 is 9.18 Å². The Hall–Kier alpha value is -1.42. The Morgan fingerprint density at radius 1 is 1.42 bits per heavy atom. The molecule has 106 valence electrons. The molecule has 0 aromatic heterocycles. The molecule has 0 fully saturated rings. The number of para-hydroxylation sites is 1. The number of rotatable bonds is 7. The number of hydrogen-bond donors (Lipinski definition) is 1. The van der Waals surface area contributed by atoms with E-state index in [0.29, 0.717) is 25.2 Å². The molecule has 0 radical (unpaired) electrons. The van der Waals surface area contributed by atoms with Crippen molar-refractivity contribution in [2.75, 3.05) is 18.0 Å². The molecule has 1 amide bonds. The van der Waals surface area contributed by atoms with Crippen LogP contribution in [0.4, 0.5) is 10.1 Å². The second-order valence-electron chi connectivity index (χ2n) is 4.77. The molecule has 0 saturated carbocycles. The first-order valence-electron chi connectivity index (χ1n) is 6.87. The van der Waals surface area contributed by atoms with Crippen LogP contribution in [0, 0.1) is 11.7 Å². The molecule has 3 nitrogen and oxygen atoms in total. The van der Waals surface area contributed by atoms with Gasteiger partial charge in [-0.3, -0.25) is 4.79 Å². The van der Waals surface area contributed by atoms with Gasteiger partial charge in [0.25, 0.3) is 0 Å². The van der Waals surface area contributed by atoms with E-state index in [9.17, 15) is 9.18 Å². The van der Waals surface area contributed by atoms with Gasteiger partial charge in [-0.05, 0) is 31.5 Å². The quantitative estimate of drug-likeness (QED) is 0.824. The van der Waals surface area contributed by atoms with Gasteiger partial charge in [0.05, 0.1) is 5.69 Å². The smallest absolute Gasteiger partial charge is 0.229 e. The highest BCUT2D eigenvalue weighted by Gasteiger charge is 2.22. The van der Waals surface area contributed by atoms with Crippen LogP contribution in [0.25, 0.3) is 0 Å². The van der Waals surface area contributed by atoms with E-state index in [4.69, 9.17) is 5.73 Å². The van der Waals surface area contributed by atoms with E-state index in [1.807, 2.05) is 13.8 Å². The molecular weight excluding hydrogens is 243 g/mol. The van der Waals surface area contributed by atoms with Gasteiger partial charge < -0.3 is 10.6 Å². The van der Waals surface area contributed by atoms with Gasteiger partial charge in [0.15, 0.2) is 0 Å². The second-order valence-corrected chi connectivity index (χ2v) is 4.77. The molecule has 2 N–H and O–H groups in total. The molecule has 1 atom stereocenters. The van der Waals surface area contributed by atoms with Crippen molar-refractivity contribution in [3.63, 3.8) is 0 Å². The van der Waals surface area contributed by atoms with Crippen LogP contribution in [0.3, 0.4) is 0 Å². The van der Waals surface area contributed by atoms with Gasteiger partial charge in [0.1, 0.15) is 5.82 Å². The lowest BCUT2D eigenvalue weighted by Crippen LogP contribution is -2.37. The van der Waals surface area contributed by atoms with Crippen LogP contribution in [-0.4, -0.2) is 19.0 Å². The van der Waals surface area contributed by atoms with Crippen molar-refractivity contribution >= 4 is 11.6 Å². The number of amides is 1. The summed E-state index contributed by atoms with van der Waals surface area (Å²) in [5, 5.41) is 0. The van der Waals surface area contributed by atoms with Crippen LogP contribution in [-0.2, 0) is 4.79 Å². The Bertz CT molecular complexity index is 409. The van der Waals surface area contributed by atoms with Crippen LogP contribution in [0.5, 0.6) is 0 Å². The van der Waals surface area contributed by atoms with Crippen LogP contribution in [0.2, 0.25) is 0 Å². The molecule has 4 heteroatoms. The lowest BCUT2D eigenvalue weighted by atomic mass is 10.0. The molecule has 1 unspecified atom stereocenters. The molecular formula is C15H23FN2O. The lowest BCUT2D eigenvalue weighted by molar-refractivity contribution is -0.122. The van der Waals surface area contributed by atoms with Crippen molar-refractivity contribution in [2.45, 2.75) is 33.1 Å². The number of anilines is 1. The number of nitrogens with two attached hydrogens (primary N) is 1. The zero-order chi connectivity index (χ0) is 14.3. The maximum atomic E-state index is 13.9. The van der Waals surface area contributed by atoms with Gasteiger partial charge in [-0.25, -0.2) is 4.39 Å². The lowest BCUT2D eigenvalue weighted by Gasteiger charge is -2.26. The Labute approximate surface area is 114 Å². The van der Waals surface area contributed by atoms with E-state index in [-0.39, 0.29) is 17.6 Å². The molecule has 1 aromatic rings. The first-order valence-corrected chi connectivity index (χ1v) is 6.87. The summed E-state index contributed by atoms with van der Waals surface area (Å²) in [6.07, 6.45) is 2.42. The van der Waals surface area contributed by atoms with Gasteiger partial charge in [-0.2, -0.15) is 0 Å². The zero-order valence-corrected chi connectivity index (χ0v) is 11.7. The van der Waals surface area contributed by atoms with E-state index in [1.165, 1.54) is 11.0 Å². The van der Waals surface area contributed by atoms with Crippen molar-refractivity contribution in [3.05, 3.63) is 30.1 Å². The summed E-state index contributed by atoms with van der Waals surface area (Å²) >= 11 is 0.